The first kappa shape index (κ1) is 70.6. The molecule has 0 spiro atoms. The molecule has 25 heteroatoms. The molecule has 10 amide bonds. The zero-order valence-corrected chi connectivity index (χ0v) is 49.0. The Morgan fingerprint density at radius 2 is 0.886 bits per heavy atom. The molecule has 25 nitrogen and oxygen atoms in total. The maximum atomic E-state index is 14.5. The monoisotopic (exact) mass is 1120 g/mol. The minimum atomic E-state index is -1.55. The average Bonchev–Trinajstić information content (AvgIpc) is 3.87. The van der Waals surface area contributed by atoms with Crippen LogP contribution >= 0.6 is 0 Å². The highest BCUT2D eigenvalue weighted by molar-refractivity contribution is 5.99. The third-order valence-electron chi connectivity index (χ3n) is 14.6. The minimum Gasteiger partial charge on any atom is -0.481 e. The topological polar surface area (TPSA) is 397 Å². The van der Waals surface area contributed by atoms with Crippen LogP contribution < -0.4 is 54.0 Å². The van der Waals surface area contributed by atoms with Crippen molar-refractivity contribution in [3.63, 3.8) is 0 Å². The number of likely N-dealkylation sites (tertiary alicyclic amines) is 1. The van der Waals surface area contributed by atoms with Crippen molar-refractivity contribution in [1.29, 1.82) is 0 Å². The Hall–Kier alpha value is -6.40. The molecule has 1 saturated heterocycles. The fraction of sp³-hybridized carbons (Fsp3) is 0.778. The van der Waals surface area contributed by atoms with Crippen LogP contribution in [0, 0.1) is 41.4 Å². The number of nitrogens with zero attached hydrogens (tertiary/aromatic N) is 1. The molecule has 1 aliphatic rings. The number of rotatable bonds is 35. The molecule has 1 aliphatic heterocycles. The number of primary amides is 1. The molecule has 1 fully saturated rings. The van der Waals surface area contributed by atoms with Gasteiger partial charge in [-0.1, -0.05) is 116 Å². The standard InChI is InChI=1S/C54H95N11O14/c1-15-30(12)39(56)48(72)64-43(31(13)16-2)51(75)58-33(20-22-37(55)66)45(69)59-35(25-26(4)5)53(77)65-24-18-19-36(65)47(71)57-34(21-23-38(67)68)46(70)63-44(32(14)17-3)52(76)61-40(27(6)7)49(73)60-41(28(8)9)50(74)62-42(29(10)11)54(78)79/h26-36,39-44H,15-25,56H2,1-14H3,(H2,55,66)(H,57,71)(H,58,75)(H,59,69)(H,60,73)(H,61,76)(H,62,74)(H,63,70)(H,64,72)(H,67,68)(H,78,79)/t30-,31-,32-,33-,34-,35-,36-,39-,40-,41-,42-,43-,44-/m0/s1. The maximum Gasteiger partial charge on any atom is 0.326 e. The molecule has 0 saturated carbocycles. The molecule has 14 N–H and O–H groups in total. The summed E-state index contributed by atoms with van der Waals surface area (Å²) in [7, 11) is 0. The number of hydrogen-bond donors (Lipinski definition) is 12. The third kappa shape index (κ3) is 22.7. The van der Waals surface area contributed by atoms with Gasteiger partial charge in [-0.3, -0.25) is 52.7 Å². The molecule has 450 valence electrons. The summed E-state index contributed by atoms with van der Waals surface area (Å²) in [4.78, 5) is 162. The van der Waals surface area contributed by atoms with Crippen LogP contribution in [0.3, 0.4) is 0 Å². The number of nitrogens with two attached hydrogens (primary N) is 2. The zero-order valence-electron chi connectivity index (χ0n) is 49.0. The second-order valence-electron chi connectivity index (χ2n) is 22.6. The lowest BCUT2D eigenvalue weighted by atomic mass is 9.95. The second kappa shape index (κ2) is 33.9. The summed E-state index contributed by atoms with van der Waals surface area (Å²) in [5.74, 6) is -13.2. The van der Waals surface area contributed by atoms with E-state index in [4.69, 9.17) is 11.5 Å². The number of hydrogen-bond acceptors (Lipinski definition) is 13. The molecular formula is C54H95N11O14. The van der Waals surface area contributed by atoms with Gasteiger partial charge in [0.2, 0.25) is 59.1 Å². The second-order valence-corrected chi connectivity index (χ2v) is 22.6. The van der Waals surface area contributed by atoms with E-state index in [0.717, 1.165) is 0 Å². The van der Waals surface area contributed by atoms with Crippen molar-refractivity contribution in [3.8, 4) is 0 Å². The molecule has 0 unspecified atom stereocenters. The molecule has 1 heterocycles. The highest BCUT2D eigenvalue weighted by atomic mass is 16.4. The first-order valence-electron chi connectivity index (χ1n) is 28.0. The predicted octanol–water partition coefficient (Wildman–Crippen LogP) is 0.550. The predicted molar refractivity (Wildman–Crippen MR) is 293 cm³/mol. The molecule has 0 aromatic heterocycles. The van der Waals surface area contributed by atoms with Crippen LogP contribution in [0.25, 0.3) is 0 Å². The summed E-state index contributed by atoms with van der Waals surface area (Å²) in [5.41, 5.74) is 11.6. The van der Waals surface area contributed by atoms with Gasteiger partial charge in [-0.05, 0) is 73.5 Å². The van der Waals surface area contributed by atoms with Crippen LogP contribution in [0.15, 0.2) is 0 Å². The number of carbonyl (C=O) groups excluding carboxylic acids is 10. The lowest BCUT2D eigenvalue weighted by Gasteiger charge is -2.32. The van der Waals surface area contributed by atoms with Crippen molar-refractivity contribution in [2.75, 3.05) is 6.54 Å². The molecule has 13 atom stereocenters. The highest BCUT2D eigenvalue weighted by Gasteiger charge is 2.42. The Morgan fingerprint density at radius 3 is 1.32 bits per heavy atom. The van der Waals surface area contributed by atoms with Crippen molar-refractivity contribution < 1.29 is 67.7 Å². The minimum absolute atomic E-state index is 0.0501. The molecular weight excluding hydrogens is 1030 g/mol. The number of amides is 10. The molecule has 0 aliphatic carbocycles. The normalized spacial score (nSPS) is 18.0. The van der Waals surface area contributed by atoms with Gasteiger partial charge < -0.3 is 69.1 Å². The lowest BCUT2D eigenvalue weighted by Crippen LogP contribution is -2.62. The summed E-state index contributed by atoms with van der Waals surface area (Å²) >= 11 is 0. The molecule has 1 rings (SSSR count). The van der Waals surface area contributed by atoms with Crippen molar-refractivity contribution in [2.45, 2.75) is 222 Å². The summed E-state index contributed by atoms with van der Waals surface area (Å²) in [6.07, 6.45) is 0.256. The van der Waals surface area contributed by atoms with Crippen LogP contribution in [0.5, 0.6) is 0 Å². The van der Waals surface area contributed by atoms with Gasteiger partial charge in [0.15, 0.2) is 0 Å². The van der Waals surface area contributed by atoms with Crippen molar-refractivity contribution >= 4 is 71.0 Å². The third-order valence-corrected chi connectivity index (χ3v) is 14.6. The lowest BCUT2D eigenvalue weighted by molar-refractivity contribution is -0.144. The van der Waals surface area contributed by atoms with Gasteiger partial charge in [0.1, 0.15) is 54.4 Å². The fourth-order valence-electron chi connectivity index (χ4n) is 8.82. The Bertz CT molecular complexity index is 2120. The summed E-state index contributed by atoms with van der Waals surface area (Å²) < 4.78 is 0. The van der Waals surface area contributed by atoms with Gasteiger partial charge in [0.05, 0.1) is 6.04 Å². The fourth-order valence-corrected chi connectivity index (χ4v) is 8.82. The molecule has 0 aromatic rings. The van der Waals surface area contributed by atoms with Crippen LogP contribution in [-0.4, -0.2) is 153 Å². The van der Waals surface area contributed by atoms with E-state index < -0.39 is 174 Å². The van der Waals surface area contributed by atoms with Gasteiger partial charge in [0.25, 0.3) is 0 Å². The number of aliphatic carboxylic acids is 2. The van der Waals surface area contributed by atoms with Gasteiger partial charge >= 0.3 is 11.9 Å². The van der Waals surface area contributed by atoms with Crippen LogP contribution in [0.1, 0.15) is 161 Å². The highest BCUT2D eigenvalue weighted by Crippen LogP contribution is 2.22. The molecule has 0 aromatic carbocycles. The van der Waals surface area contributed by atoms with E-state index >= 15 is 0 Å². The number of nitrogens with one attached hydrogen (secondary N) is 8. The van der Waals surface area contributed by atoms with E-state index in [1.54, 1.807) is 83.1 Å². The van der Waals surface area contributed by atoms with Crippen LogP contribution in [-0.2, 0) is 57.5 Å². The van der Waals surface area contributed by atoms with E-state index in [0.29, 0.717) is 25.7 Å². The van der Waals surface area contributed by atoms with Crippen molar-refractivity contribution in [3.05, 3.63) is 0 Å². The van der Waals surface area contributed by atoms with Crippen molar-refractivity contribution in [2.24, 2.45) is 52.9 Å². The molecule has 79 heavy (non-hydrogen) atoms. The Morgan fingerprint density at radius 1 is 0.494 bits per heavy atom. The van der Waals surface area contributed by atoms with E-state index in [1.807, 2.05) is 13.8 Å². The maximum absolute atomic E-state index is 14.5. The van der Waals surface area contributed by atoms with Gasteiger partial charge in [-0.15, -0.1) is 0 Å². The largest absolute Gasteiger partial charge is 0.481 e. The van der Waals surface area contributed by atoms with E-state index in [-0.39, 0.29) is 44.1 Å². The van der Waals surface area contributed by atoms with Gasteiger partial charge in [0, 0.05) is 19.4 Å². The summed E-state index contributed by atoms with van der Waals surface area (Å²) in [5, 5.41) is 40.4. The molecule has 0 bridgehead atoms. The smallest absolute Gasteiger partial charge is 0.326 e. The number of carboxylic acid groups (broad SMARTS) is 2. The Kier molecular flexibility index (Phi) is 30.3. The van der Waals surface area contributed by atoms with Crippen molar-refractivity contribution in [1.82, 2.24) is 47.4 Å². The summed E-state index contributed by atoms with van der Waals surface area (Å²) in [6, 6.07) is -12.5. The summed E-state index contributed by atoms with van der Waals surface area (Å²) in [6.45, 7) is 24.1. The van der Waals surface area contributed by atoms with Crippen LogP contribution in [0.2, 0.25) is 0 Å². The number of carbonyl (C=O) groups is 12. The van der Waals surface area contributed by atoms with Gasteiger partial charge in [-0.2, -0.15) is 0 Å². The first-order valence-corrected chi connectivity index (χ1v) is 28.0. The quantitative estimate of drug-likeness (QED) is 0.0412. The SMILES string of the molecule is CC[C@H](C)[C@H](N)C(=O)N[C@H](C(=O)N[C@@H](CCC(N)=O)C(=O)N[C@@H](CC(C)C)C(=O)N1CCC[C@H]1C(=O)N[C@@H](CCC(=O)O)C(=O)N[C@H](C(=O)N[C@H](C(=O)N[C@H](C(=O)N[C@H](C(=O)O)C(C)C)C(C)C)C(C)C)[C@@H](C)CC)[C@@H](C)CC. The average molecular weight is 1120 g/mol. The Balaban J connectivity index is 3.51. The zero-order chi connectivity index (χ0) is 60.8. The van der Waals surface area contributed by atoms with Gasteiger partial charge in [-0.25, -0.2) is 4.79 Å². The number of carboxylic acids is 2. The Labute approximate surface area is 465 Å². The molecule has 0 radical (unpaired) electrons. The first-order chi connectivity index (χ1) is 36.7. The van der Waals surface area contributed by atoms with Crippen LogP contribution in [0.4, 0.5) is 0 Å². The van der Waals surface area contributed by atoms with E-state index in [1.165, 1.54) is 4.90 Å². The van der Waals surface area contributed by atoms with E-state index in [2.05, 4.69) is 42.5 Å². The van der Waals surface area contributed by atoms with E-state index in [9.17, 15) is 67.7 Å².